The summed E-state index contributed by atoms with van der Waals surface area (Å²) in [5, 5.41) is 8.98. The fourth-order valence-corrected chi connectivity index (χ4v) is 1.21. The van der Waals surface area contributed by atoms with Crippen LogP contribution in [0, 0.1) is 11.6 Å². The molecule has 1 aromatic carbocycles. The minimum Gasteiger partial charge on any atom is -0.478 e. The highest BCUT2D eigenvalue weighted by Crippen LogP contribution is 2.21. The van der Waals surface area contributed by atoms with Crippen molar-refractivity contribution in [3.05, 3.63) is 29.8 Å². The summed E-state index contributed by atoms with van der Waals surface area (Å²) in [7, 11) is 1.32. The molecule has 0 saturated carbocycles. The topological polar surface area (TPSA) is 55.8 Å². The lowest BCUT2D eigenvalue weighted by atomic mass is 10.1. The second kappa shape index (κ2) is 5.09. The Kier molecular flexibility index (Phi) is 4.01. The molecule has 17 heavy (non-hydrogen) atoms. The van der Waals surface area contributed by atoms with Gasteiger partial charge in [-0.3, -0.25) is 0 Å². The Bertz CT molecular complexity index is 422. The van der Waals surface area contributed by atoms with E-state index in [0.29, 0.717) is 0 Å². The summed E-state index contributed by atoms with van der Waals surface area (Å²) < 4.78 is 35.4. The maximum Gasteiger partial charge on any atom is 0.350 e. The number of benzene rings is 1. The predicted molar refractivity (Wildman–Crippen MR) is 54.9 cm³/mol. The fraction of sp³-hybridized carbons (Fsp3) is 0.364. The van der Waals surface area contributed by atoms with Crippen LogP contribution in [0.4, 0.5) is 8.78 Å². The van der Waals surface area contributed by atoms with Gasteiger partial charge in [0.1, 0.15) is 5.75 Å². The van der Waals surface area contributed by atoms with Crippen LogP contribution >= 0.6 is 0 Å². The van der Waals surface area contributed by atoms with Gasteiger partial charge in [-0.25, -0.2) is 13.6 Å². The molecule has 0 aliphatic heterocycles. The molecule has 6 heteroatoms. The molecule has 1 aromatic rings. The molecule has 0 fully saturated rings. The quantitative estimate of drug-likeness (QED) is 0.861. The van der Waals surface area contributed by atoms with E-state index < -0.39 is 23.2 Å². The number of hydrogen-bond acceptors (Lipinski definition) is 3. The number of rotatable bonds is 5. The molecule has 4 nitrogen and oxygen atoms in total. The Morgan fingerprint density at radius 2 is 2.06 bits per heavy atom. The molecule has 0 spiro atoms. The molecule has 1 unspecified atom stereocenters. The summed E-state index contributed by atoms with van der Waals surface area (Å²) in [5.41, 5.74) is -1.65. The van der Waals surface area contributed by atoms with E-state index in [1.807, 2.05) is 0 Å². The summed E-state index contributed by atoms with van der Waals surface area (Å²) in [6.45, 7) is 1.06. The molecule has 1 N–H and O–H groups in total. The molecule has 0 aromatic heterocycles. The minimum atomic E-state index is -1.65. The van der Waals surface area contributed by atoms with E-state index in [9.17, 15) is 13.6 Å². The minimum absolute atomic E-state index is 0.0779. The van der Waals surface area contributed by atoms with Crippen molar-refractivity contribution in [2.75, 3.05) is 13.7 Å². The molecule has 94 valence electrons. The summed E-state index contributed by atoms with van der Waals surface area (Å²) in [6, 6.07) is 2.79. The van der Waals surface area contributed by atoms with E-state index in [2.05, 4.69) is 0 Å². The monoisotopic (exact) mass is 246 g/mol. The van der Waals surface area contributed by atoms with E-state index in [4.69, 9.17) is 14.6 Å². The third-order valence-electron chi connectivity index (χ3n) is 2.11. The summed E-state index contributed by atoms with van der Waals surface area (Å²) >= 11 is 0. The molecule has 0 aliphatic carbocycles. The van der Waals surface area contributed by atoms with Crippen LogP contribution in [0.25, 0.3) is 0 Å². The van der Waals surface area contributed by atoms with Crippen LogP contribution < -0.4 is 4.74 Å². The molecular formula is C11H12F2O4. The van der Waals surface area contributed by atoms with Crippen molar-refractivity contribution in [2.45, 2.75) is 12.5 Å². The van der Waals surface area contributed by atoms with Crippen molar-refractivity contribution in [2.24, 2.45) is 0 Å². The van der Waals surface area contributed by atoms with Gasteiger partial charge in [-0.1, -0.05) is 0 Å². The van der Waals surface area contributed by atoms with Crippen LogP contribution in [0.15, 0.2) is 18.2 Å². The molecule has 0 heterocycles. The smallest absolute Gasteiger partial charge is 0.350 e. The molecule has 1 atom stereocenters. The van der Waals surface area contributed by atoms with Gasteiger partial charge in [0, 0.05) is 13.2 Å². The van der Waals surface area contributed by atoms with Gasteiger partial charge in [-0.2, -0.15) is 0 Å². The van der Waals surface area contributed by atoms with E-state index in [-0.39, 0.29) is 12.4 Å². The van der Waals surface area contributed by atoms with Gasteiger partial charge in [0.15, 0.2) is 11.6 Å². The number of hydrogen-bond donors (Lipinski definition) is 1. The molecule has 0 amide bonds. The van der Waals surface area contributed by atoms with E-state index >= 15 is 0 Å². The van der Waals surface area contributed by atoms with E-state index in [1.165, 1.54) is 14.0 Å². The summed E-state index contributed by atoms with van der Waals surface area (Å²) in [4.78, 5) is 11.0. The largest absolute Gasteiger partial charge is 0.478 e. The van der Waals surface area contributed by atoms with Crippen molar-refractivity contribution >= 4 is 5.97 Å². The average molecular weight is 246 g/mol. The van der Waals surface area contributed by atoms with Gasteiger partial charge in [0.25, 0.3) is 0 Å². The van der Waals surface area contributed by atoms with Crippen molar-refractivity contribution in [1.29, 1.82) is 0 Å². The van der Waals surface area contributed by atoms with E-state index in [1.54, 1.807) is 0 Å². The number of ether oxygens (including phenoxy) is 2. The van der Waals surface area contributed by atoms with Gasteiger partial charge in [0.2, 0.25) is 5.60 Å². The SMILES string of the molecule is COCC(C)(Oc1ccc(F)c(F)c1)C(=O)O. The maximum absolute atomic E-state index is 12.9. The van der Waals surface area contributed by atoms with Gasteiger partial charge < -0.3 is 14.6 Å². The lowest BCUT2D eigenvalue weighted by molar-refractivity contribution is -0.158. The predicted octanol–water partition coefficient (Wildman–Crippen LogP) is 1.83. The molecule has 0 bridgehead atoms. The zero-order valence-corrected chi connectivity index (χ0v) is 9.37. The van der Waals surface area contributed by atoms with Crippen LogP contribution in [-0.4, -0.2) is 30.4 Å². The Balaban J connectivity index is 2.94. The third kappa shape index (κ3) is 3.13. The van der Waals surface area contributed by atoms with Crippen molar-refractivity contribution in [1.82, 2.24) is 0 Å². The maximum atomic E-state index is 12.9. The standard InChI is InChI=1S/C11H12F2O4/c1-11(6-16-2,10(14)15)17-7-3-4-8(12)9(13)5-7/h3-5H,6H2,1-2H3,(H,14,15). The first kappa shape index (κ1) is 13.4. The highest BCUT2D eigenvalue weighted by atomic mass is 19.2. The first-order chi connectivity index (χ1) is 7.89. The Morgan fingerprint density at radius 3 is 2.53 bits per heavy atom. The Hall–Kier alpha value is -1.69. The lowest BCUT2D eigenvalue weighted by Gasteiger charge is -2.25. The van der Waals surface area contributed by atoms with Gasteiger partial charge in [-0.05, 0) is 19.1 Å². The van der Waals surface area contributed by atoms with E-state index in [0.717, 1.165) is 18.2 Å². The number of aliphatic carboxylic acids is 1. The normalized spacial score (nSPS) is 14.1. The molecule has 0 aliphatic rings. The van der Waals surface area contributed by atoms with Crippen LogP contribution in [0.3, 0.4) is 0 Å². The zero-order valence-electron chi connectivity index (χ0n) is 9.37. The number of carbonyl (C=O) groups is 1. The van der Waals surface area contributed by atoms with Crippen LogP contribution in [-0.2, 0) is 9.53 Å². The molecule has 0 saturated heterocycles. The van der Waals surface area contributed by atoms with Gasteiger partial charge >= 0.3 is 5.97 Å². The summed E-state index contributed by atoms with van der Waals surface area (Å²) in [6.07, 6.45) is 0. The number of halogens is 2. The highest BCUT2D eigenvalue weighted by Gasteiger charge is 2.36. The third-order valence-corrected chi connectivity index (χ3v) is 2.11. The van der Waals surface area contributed by atoms with Crippen LogP contribution in [0.1, 0.15) is 6.92 Å². The van der Waals surface area contributed by atoms with Crippen molar-refractivity contribution < 1.29 is 28.2 Å². The van der Waals surface area contributed by atoms with Gasteiger partial charge in [-0.15, -0.1) is 0 Å². The van der Waals surface area contributed by atoms with Crippen molar-refractivity contribution in [3.8, 4) is 5.75 Å². The van der Waals surface area contributed by atoms with Crippen molar-refractivity contribution in [3.63, 3.8) is 0 Å². The molecule has 0 radical (unpaired) electrons. The second-order valence-corrected chi connectivity index (χ2v) is 3.65. The Morgan fingerprint density at radius 1 is 1.41 bits per heavy atom. The number of methoxy groups -OCH3 is 1. The number of carboxylic acid groups (broad SMARTS) is 1. The fourth-order valence-electron chi connectivity index (χ4n) is 1.21. The van der Waals surface area contributed by atoms with Crippen LogP contribution in [0.5, 0.6) is 5.75 Å². The first-order valence-corrected chi connectivity index (χ1v) is 4.75. The Labute approximate surface area is 96.8 Å². The molecular weight excluding hydrogens is 234 g/mol. The zero-order chi connectivity index (χ0) is 13.1. The first-order valence-electron chi connectivity index (χ1n) is 4.75. The van der Waals surface area contributed by atoms with Gasteiger partial charge in [0.05, 0.1) is 6.61 Å². The highest BCUT2D eigenvalue weighted by molar-refractivity contribution is 5.77. The average Bonchev–Trinajstić information content (AvgIpc) is 2.23. The van der Waals surface area contributed by atoms with Crippen LogP contribution in [0.2, 0.25) is 0 Å². The number of carboxylic acids is 1. The lowest BCUT2D eigenvalue weighted by Crippen LogP contribution is -2.45. The molecule has 1 rings (SSSR count). The summed E-state index contributed by atoms with van der Waals surface area (Å²) in [5.74, 6) is -3.47. The second-order valence-electron chi connectivity index (χ2n) is 3.65.